The maximum absolute atomic E-state index is 12.8. The zero-order valence-electron chi connectivity index (χ0n) is 15.1. The number of carbonyl (C=O) groups excluding carboxylic acids is 2. The van der Waals surface area contributed by atoms with Crippen molar-refractivity contribution in [1.29, 1.82) is 0 Å². The summed E-state index contributed by atoms with van der Waals surface area (Å²) in [5.74, 6) is -0.423. The molecule has 1 fully saturated rings. The molecule has 0 spiro atoms. The predicted molar refractivity (Wildman–Crippen MR) is 107 cm³/mol. The van der Waals surface area contributed by atoms with Crippen LogP contribution in [0, 0.1) is 5.92 Å². The minimum absolute atomic E-state index is 0.0918. The van der Waals surface area contributed by atoms with Gasteiger partial charge in [0.15, 0.2) is 0 Å². The van der Waals surface area contributed by atoms with E-state index in [1.165, 1.54) is 9.79 Å². The molecule has 1 saturated heterocycles. The van der Waals surface area contributed by atoms with Crippen LogP contribution in [0.4, 0.5) is 11.4 Å². The van der Waals surface area contributed by atoms with E-state index in [-0.39, 0.29) is 17.7 Å². The molecule has 2 aliphatic rings. The second-order valence-electron chi connectivity index (χ2n) is 7.02. The molecular weight excluding hydrogens is 358 g/mol. The van der Waals surface area contributed by atoms with Crippen LogP contribution < -0.4 is 10.6 Å². The van der Waals surface area contributed by atoms with Gasteiger partial charge in [-0.15, -0.1) is 0 Å². The first kappa shape index (κ1) is 17.9. The summed E-state index contributed by atoms with van der Waals surface area (Å²) in [5, 5.41) is 0. The van der Waals surface area contributed by atoms with Gasteiger partial charge in [0.05, 0.1) is 17.3 Å². The summed E-state index contributed by atoms with van der Waals surface area (Å²) >= 11 is 1.76. The molecule has 6 heteroatoms. The summed E-state index contributed by atoms with van der Waals surface area (Å²) in [4.78, 5) is 30.7. The van der Waals surface area contributed by atoms with Gasteiger partial charge in [-0.2, -0.15) is 0 Å². The monoisotopic (exact) mass is 381 g/mol. The largest absolute Gasteiger partial charge is 0.369 e. The van der Waals surface area contributed by atoms with Gasteiger partial charge < -0.3 is 15.5 Å². The van der Waals surface area contributed by atoms with Crippen LogP contribution in [-0.2, 0) is 9.59 Å². The van der Waals surface area contributed by atoms with Crippen LogP contribution in [0.1, 0.15) is 19.3 Å². The fourth-order valence-corrected chi connectivity index (χ4v) is 4.92. The van der Waals surface area contributed by atoms with Gasteiger partial charge in [0.2, 0.25) is 11.8 Å². The highest BCUT2D eigenvalue weighted by molar-refractivity contribution is 7.99. The summed E-state index contributed by atoms with van der Waals surface area (Å²) < 4.78 is 0. The molecule has 2 aromatic carbocycles. The highest BCUT2D eigenvalue weighted by atomic mass is 32.2. The number of amides is 2. The Morgan fingerprint density at radius 3 is 2.30 bits per heavy atom. The minimum atomic E-state index is -0.302. The fourth-order valence-electron chi connectivity index (χ4n) is 3.82. The number of likely N-dealkylation sites (tertiary alicyclic amines) is 1. The van der Waals surface area contributed by atoms with Crippen molar-refractivity contribution >= 4 is 35.0 Å². The van der Waals surface area contributed by atoms with Crippen LogP contribution in [0.15, 0.2) is 58.3 Å². The van der Waals surface area contributed by atoms with Gasteiger partial charge in [0, 0.05) is 35.8 Å². The van der Waals surface area contributed by atoms with Gasteiger partial charge in [-0.3, -0.25) is 9.59 Å². The lowest BCUT2D eigenvalue weighted by molar-refractivity contribution is -0.134. The molecule has 140 valence electrons. The predicted octanol–water partition coefficient (Wildman–Crippen LogP) is 3.40. The fraction of sp³-hybridized carbons (Fsp3) is 0.333. The normalized spacial score (nSPS) is 18.6. The van der Waals surface area contributed by atoms with E-state index in [9.17, 15) is 9.59 Å². The molecule has 0 radical (unpaired) electrons. The Morgan fingerprint density at radius 2 is 1.67 bits per heavy atom. The molecule has 1 atom stereocenters. The zero-order valence-corrected chi connectivity index (χ0v) is 16.0. The molecule has 0 aliphatic carbocycles. The Kier molecular flexibility index (Phi) is 5.07. The van der Waals surface area contributed by atoms with E-state index in [4.69, 9.17) is 5.73 Å². The van der Waals surface area contributed by atoms with Gasteiger partial charge >= 0.3 is 0 Å². The number of nitrogens with two attached hydrogens (primary N) is 1. The van der Waals surface area contributed by atoms with Gasteiger partial charge in [0.25, 0.3) is 0 Å². The molecular formula is C21H23N3O2S. The third kappa shape index (κ3) is 3.67. The van der Waals surface area contributed by atoms with E-state index in [2.05, 4.69) is 29.2 Å². The first-order chi connectivity index (χ1) is 13.1. The summed E-state index contributed by atoms with van der Waals surface area (Å²) in [6.45, 7) is 1.79. The quantitative estimate of drug-likeness (QED) is 0.881. The molecule has 0 bridgehead atoms. The van der Waals surface area contributed by atoms with Gasteiger partial charge in [-0.1, -0.05) is 36.0 Å². The number of piperidine rings is 1. The summed E-state index contributed by atoms with van der Waals surface area (Å²) in [7, 11) is 0. The highest BCUT2D eigenvalue weighted by Crippen LogP contribution is 2.47. The highest BCUT2D eigenvalue weighted by Gasteiger charge is 2.28. The van der Waals surface area contributed by atoms with E-state index in [0.717, 1.165) is 24.2 Å². The Labute approximate surface area is 163 Å². The lowest BCUT2D eigenvalue weighted by Crippen LogP contribution is -2.44. The van der Waals surface area contributed by atoms with Crippen molar-refractivity contribution in [2.45, 2.75) is 29.1 Å². The SMILES string of the molecule is NC(=O)C1CCCN(C(=O)CCN2c3ccccc3Sc3ccccc32)C1. The molecule has 2 aromatic rings. The van der Waals surface area contributed by atoms with E-state index in [0.29, 0.717) is 26.1 Å². The van der Waals surface area contributed by atoms with Crippen molar-refractivity contribution in [2.75, 3.05) is 24.5 Å². The van der Waals surface area contributed by atoms with Crippen LogP contribution in [-0.4, -0.2) is 36.3 Å². The number of para-hydroxylation sites is 2. The van der Waals surface area contributed by atoms with Crippen LogP contribution in [0.5, 0.6) is 0 Å². The number of hydrogen-bond donors (Lipinski definition) is 1. The van der Waals surface area contributed by atoms with Crippen molar-refractivity contribution in [3.63, 3.8) is 0 Å². The third-order valence-corrected chi connectivity index (χ3v) is 6.39. The first-order valence-corrected chi connectivity index (χ1v) is 10.2. The summed E-state index contributed by atoms with van der Waals surface area (Å²) in [6, 6.07) is 16.6. The van der Waals surface area contributed by atoms with Crippen molar-refractivity contribution in [3.05, 3.63) is 48.5 Å². The van der Waals surface area contributed by atoms with E-state index >= 15 is 0 Å². The first-order valence-electron chi connectivity index (χ1n) is 9.34. The average Bonchev–Trinajstić information content (AvgIpc) is 2.71. The van der Waals surface area contributed by atoms with Gasteiger partial charge in [0.1, 0.15) is 0 Å². The smallest absolute Gasteiger partial charge is 0.224 e. The average molecular weight is 382 g/mol. The molecule has 2 heterocycles. The molecule has 1 unspecified atom stereocenters. The number of carbonyl (C=O) groups is 2. The number of primary amides is 1. The van der Waals surface area contributed by atoms with Crippen molar-refractivity contribution < 1.29 is 9.59 Å². The summed E-state index contributed by atoms with van der Waals surface area (Å²) in [6.07, 6.45) is 2.04. The second-order valence-corrected chi connectivity index (χ2v) is 8.10. The molecule has 5 nitrogen and oxygen atoms in total. The van der Waals surface area contributed by atoms with Crippen molar-refractivity contribution in [2.24, 2.45) is 11.7 Å². The molecule has 0 aromatic heterocycles. The maximum Gasteiger partial charge on any atom is 0.224 e. The van der Waals surface area contributed by atoms with E-state index in [1.807, 2.05) is 24.3 Å². The van der Waals surface area contributed by atoms with Crippen molar-refractivity contribution in [3.8, 4) is 0 Å². The number of fused-ring (bicyclic) bond motifs is 2. The molecule has 0 saturated carbocycles. The Hall–Kier alpha value is -2.47. The Morgan fingerprint density at radius 1 is 1.04 bits per heavy atom. The standard InChI is InChI=1S/C21H23N3O2S/c22-21(26)15-6-5-12-23(14-15)20(25)11-13-24-16-7-1-3-9-18(16)27-19-10-4-2-8-17(19)24/h1-4,7-10,15H,5-6,11-14H2,(H2,22,26). The molecule has 2 aliphatic heterocycles. The van der Waals surface area contributed by atoms with Crippen LogP contribution >= 0.6 is 11.8 Å². The molecule has 2 N–H and O–H groups in total. The number of benzene rings is 2. The van der Waals surface area contributed by atoms with Crippen LogP contribution in [0.25, 0.3) is 0 Å². The number of anilines is 2. The third-order valence-electron chi connectivity index (χ3n) is 5.26. The number of hydrogen-bond acceptors (Lipinski definition) is 4. The van der Waals surface area contributed by atoms with Gasteiger partial charge in [-0.05, 0) is 37.1 Å². The number of rotatable bonds is 4. The van der Waals surface area contributed by atoms with Gasteiger partial charge in [-0.25, -0.2) is 0 Å². The maximum atomic E-state index is 12.8. The molecule has 4 rings (SSSR count). The lowest BCUT2D eigenvalue weighted by atomic mass is 9.97. The van der Waals surface area contributed by atoms with E-state index in [1.54, 1.807) is 16.7 Å². The number of nitrogens with zero attached hydrogens (tertiary/aromatic N) is 2. The molecule has 2 amide bonds. The second kappa shape index (κ2) is 7.64. The zero-order chi connectivity index (χ0) is 18.8. The Balaban J connectivity index is 1.50. The van der Waals surface area contributed by atoms with Crippen LogP contribution in [0.3, 0.4) is 0 Å². The topological polar surface area (TPSA) is 66.6 Å². The Bertz CT molecular complexity index is 825. The minimum Gasteiger partial charge on any atom is -0.369 e. The lowest BCUT2D eigenvalue weighted by Gasteiger charge is -2.34. The molecule has 27 heavy (non-hydrogen) atoms. The summed E-state index contributed by atoms with van der Waals surface area (Å²) in [5.41, 5.74) is 7.72. The van der Waals surface area contributed by atoms with Crippen LogP contribution in [0.2, 0.25) is 0 Å². The van der Waals surface area contributed by atoms with Crippen molar-refractivity contribution in [1.82, 2.24) is 4.90 Å². The van der Waals surface area contributed by atoms with E-state index < -0.39 is 0 Å².